The van der Waals surface area contributed by atoms with Crippen molar-refractivity contribution in [1.29, 1.82) is 0 Å². The highest BCUT2D eigenvalue weighted by Gasteiger charge is 2.28. The van der Waals surface area contributed by atoms with Crippen molar-refractivity contribution < 1.29 is 13.5 Å². The average molecular weight is 324 g/mol. The maximum atomic E-state index is 13.8. The summed E-state index contributed by atoms with van der Waals surface area (Å²) in [6.07, 6.45) is -0.341. The van der Waals surface area contributed by atoms with E-state index in [1.54, 1.807) is 11.8 Å². The van der Waals surface area contributed by atoms with E-state index < -0.39 is 17.7 Å². The van der Waals surface area contributed by atoms with E-state index in [9.17, 15) is 8.78 Å². The quantitative estimate of drug-likeness (QED) is 0.850. The van der Waals surface area contributed by atoms with Gasteiger partial charge in [0.15, 0.2) is 0 Å². The summed E-state index contributed by atoms with van der Waals surface area (Å²) in [5.74, 6) is 0.285. The average Bonchev–Trinajstić information content (AvgIpc) is 2.35. The molecule has 1 aromatic carbocycles. The summed E-state index contributed by atoms with van der Waals surface area (Å²) < 4.78 is 33.1. The minimum Gasteiger partial charge on any atom is -0.375 e. The predicted molar refractivity (Wildman–Crippen MR) is 68.1 cm³/mol. The van der Waals surface area contributed by atoms with Gasteiger partial charge in [0.1, 0.15) is 11.6 Å². The van der Waals surface area contributed by atoms with E-state index >= 15 is 0 Å². The SMILES string of the molecule is NC(c1c(F)ccc(Br)c1F)C1CSCCO1. The number of halogens is 3. The molecule has 0 saturated carbocycles. The Kier molecular flexibility index (Phi) is 4.41. The van der Waals surface area contributed by atoms with Crippen molar-refractivity contribution in [1.82, 2.24) is 0 Å². The van der Waals surface area contributed by atoms with Crippen LogP contribution >= 0.6 is 27.7 Å². The molecule has 2 rings (SSSR count). The molecule has 2 atom stereocenters. The fraction of sp³-hybridized carbons (Fsp3) is 0.455. The molecule has 0 bridgehead atoms. The molecule has 0 radical (unpaired) electrons. The maximum Gasteiger partial charge on any atom is 0.145 e. The van der Waals surface area contributed by atoms with Crippen LogP contribution in [0.25, 0.3) is 0 Å². The molecule has 1 aliphatic heterocycles. The molecule has 94 valence electrons. The molecule has 0 amide bonds. The van der Waals surface area contributed by atoms with Gasteiger partial charge < -0.3 is 10.5 Å². The Bertz CT molecular complexity index is 413. The monoisotopic (exact) mass is 323 g/mol. The molecule has 1 fully saturated rings. The number of thioether (sulfide) groups is 1. The van der Waals surface area contributed by atoms with Gasteiger partial charge in [0.05, 0.1) is 23.2 Å². The summed E-state index contributed by atoms with van der Waals surface area (Å²) in [5.41, 5.74) is 5.80. The van der Waals surface area contributed by atoms with Crippen LogP contribution in [0.5, 0.6) is 0 Å². The first kappa shape index (κ1) is 13.3. The summed E-state index contributed by atoms with van der Waals surface area (Å²) in [6, 6.07) is 1.76. The summed E-state index contributed by atoms with van der Waals surface area (Å²) in [6.45, 7) is 0.570. The van der Waals surface area contributed by atoms with Crippen LogP contribution in [-0.2, 0) is 4.74 Å². The van der Waals surface area contributed by atoms with E-state index in [4.69, 9.17) is 10.5 Å². The second-order valence-electron chi connectivity index (χ2n) is 3.77. The highest BCUT2D eigenvalue weighted by atomic mass is 79.9. The zero-order chi connectivity index (χ0) is 12.4. The highest BCUT2D eigenvalue weighted by Crippen LogP contribution is 2.30. The first-order valence-corrected chi connectivity index (χ1v) is 7.14. The smallest absolute Gasteiger partial charge is 0.145 e. The van der Waals surface area contributed by atoms with E-state index in [0.717, 1.165) is 5.75 Å². The number of rotatable bonds is 2. The van der Waals surface area contributed by atoms with E-state index in [0.29, 0.717) is 12.4 Å². The zero-order valence-electron chi connectivity index (χ0n) is 8.96. The van der Waals surface area contributed by atoms with Crippen molar-refractivity contribution in [2.75, 3.05) is 18.1 Å². The molecule has 2 nitrogen and oxygen atoms in total. The van der Waals surface area contributed by atoms with Crippen LogP contribution in [-0.4, -0.2) is 24.2 Å². The van der Waals surface area contributed by atoms with Gasteiger partial charge in [-0.15, -0.1) is 0 Å². The van der Waals surface area contributed by atoms with Crippen molar-refractivity contribution in [3.8, 4) is 0 Å². The predicted octanol–water partition coefficient (Wildman–Crippen LogP) is 2.86. The molecule has 1 heterocycles. The summed E-state index contributed by atoms with van der Waals surface area (Å²) >= 11 is 4.71. The van der Waals surface area contributed by atoms with E-state index in [2.05, 4.69) is 15.9 Å². The van der Waals surface area contributed by atoms with Crippen LogP contribution in [0.3, 0.4) is 0 Å². The standard InChI is InChI=1S/C11H12BrF2NOS/c12-6-1-2-7(13)9(10(6)14)11(15)8-5-17-4-3-16-8/h1-2,8,11H,3-5,15H2. The van der Waals surface area contributed by atoms with Gasteiger partial charge in [0.25, 0.3) is 0 Å². The van der Waals surface area contributed by atoms with Gasteiger partial charge in [-0.2, -0.15) is 11.8 Å². The summed E-state index contributed by atoms with van der Waals surface area (Å²) in [4.78, 5) is 0. The topological polar surface area (TPSA) is 35.2 Å². The molecule has 17 heavy (non-hydrogen) atoms. The lowest BCUT2D eigenvalue weighted by Crippen LogP contribution is -2.35. The number of benzene rings is 1. The van der Waals surface area contributed by atoms with Crippen LogP contribution in [0.2, 0.25) is 0 Å². The fourth-order valence-corrected chi connectivity index (χ4v) is 3.01. The third kappa shape index (κ3) is 2.81. The van der Waals surface area contributed by atoms with Gasteiger partial charge in [-0.25, -0.2) is 8.78 Å². The lowest BCUT2D eigenvalue weighted by atomic mass is 10.0. The molecule has 0 aliphatic carbocycles. The molecule has 2 unspecified atom stereocenters. The van der Waals surface area contributed by atoms with Gasteiger partial charge in [0.2, 0.25) is 0 Å². The lowest BCUT2D eigenvalue weighted by molar-refractivity contribution is 0.0551. The third-order valence-electron chi connectivity index (χ3n) is 2.66. The van der Waals surface area contributed by atoms with Crippen molar-refractivity contribution in [3.05, 3.63) is 33.8 Å². The molecule has 0 aromatic heterocycles. The lowest BCUT2D eigenvalue weighted by Gasteiger charge is -2.28. The van der Waals surface area contributed by atoms with E-state index in [1.807, 2.05) is 0 Å². The van der Waals surface area contributed by atoms with Crippen LogP contribution in [0.4, 0.5) is 8.78 Å². The first-order valence-electron chi connectivity index (χ1n) is 5.19. The largest absolute Gasteiger partial charge is 0.375 e. The maximum absolute atomic E-state index is 13.8. The van der Waals surface area contributed by atoms with Crippen LogP contribution in [0, 0.1) is 11.6 Å². The molecule has 1 aromatic rings. The highest BCUT2D eigenvalue weighted by molar-refractivity contribution is 9.10. The zero-order valence-corrected chi connectivity index (χ0v) is 11.4. The summed E-state index contributed by atoms with van der Waals surface area (Å²) in [7, 11) is 0. The Morgan fingerprint density at radius 2 is 2.24 bits per heavy atom. The Hall–Kier alpha value is -0.170. The third-order valence-corrected chi connectivity index (χ3v) is 4.29. The normalized spacial score (nSPS) is 22.5. The number of hydrogen-bond donors (Lipinski definition) is 1. The molecule has 6 heteroatoms. The van der Waals surface area contributed by atoms with Gasteiger partial charge in [-0.05, 0) is 28.1 Å². The first-order chi connectivity index (χ1) is 8.11. The van der Waals surface area contributed by atoms with E-state index in [-0.39, 0.29) is 16.1 Å². The van der Waals surface area contributed by atoms with Crippen molar-refractivity contribution in [3.63, 3.8) is 0 Å². The van der Waals surface area contributed by atoms with Crippen LogP contribution in [0.1, 0.15) is 11.6 Å². The summed E-state index contributed by atoms with van der Waals surface area (Å²) in [5, 5.41) is 0. The molecule has 0 spiro atoms. The molecule has 1 aliphatic rings. The molecular formula is C11H12BrF2NOS. The molecule has 1 saturated heterocycles. The Labute approximate surface area is 111 Å². The Morgan fingerprint density at radius 1 is 1.47 bits per heavy atom. The minimum absolute atomic E-state index is 0.105. The number of ether oxygens (including phenoxy) is 1. The fourth-order valence-electron chi connectivity index (χ4n) is 1.75. The molecule has 2 N–H and O–H groups in total. The van der Waals surface area contributed by atoms with E-state index in [1.165, 1.54) is 12.1 Å². The van der Waals surface area contributed by atoms with Crippen LogP contribution in [0.15, 0.2) is 16.6 Å². The Balaban J connectivity index is 2.29. The Morgan fingerprint density at radius 3 is 2.88 bits per heavy atom. The second kappa shape index (κ2) is 5.65. The van der Waals surface area contributed by atoms with Crippen LogP contribution < -0.4 is 5.73 Å². The van der Waals surface area contributed by atoms with Gasteiger partial charge in [0, 0.05) is 17.1 Å². The van der Waals surface area contributed by atoms with Crippen molar-refractivity contribution in [2.45, 2.75) is 12.1 Å². The molecular weight excluding hydrogens is 312 g/mol. The number of hydrogen-bond acceptors (Lipinski definition) is 3. The van der Waals surface area contributed by atoms with Gasteiger partial charge in [-0.3, -0.25) is 0 Å². The van der Waals surface area contributed by atoms with Crippen molar-refractivity contribution in [2.24, 2.45) is 5.73 Å². The van der Waals surface area contributed by atoms with Gasteiger partial charge in [-0.1, -0.05) is 0 Å². The number of nitrogens with two attached hydrogens (primary N) is 1. The van der Waals surface area contributed by atoms with Crippen molar-refractivity contribution >= 4 is 27.7 Å². The minimum atomic E-state index is -0.778. The van der Waals surface area contributed by atoms with Gasteiger partial charge >= 0.3 is 0 Å². The second-order valence-corrected chi connectivity index (χ2v) is 5.77.